The number of hydrogen-bond donors (Lipinski definition) is 2. The van der Waals surface area contributed by atoms with E-state index in [0.29, 0.717) is 10.7 Å². The van der Waals surface area contributed by atoms with Crippen LogP contribution in [-0.4, -0.2) is 37.7 Å². The average Bonchev–Trinajstić information content (AvgIpc) is 2.97. The molecule has 0 fully saturated rings. The monoisotopic (exact) mass is 294 g/mol. The van der Waals surface area contributed by atoms with Gasteiger partial charge in [0.15, 0.2) is 5.82 Å². The number of nitro benzene ring substituents is 1. The number of nitro groups is 1. The van der Waals surface area contributed by atoms with E-state index in [1.54, 1.807) is 12.3 Å². The fourth-order valence-electron chi connectivity index (χ4n) is 1.49. The number of hydrogen-bond acceptors (Lipinski definition) is 7. The van der Waals surface area contributed by atoms with Crippen molar-refractivity contribution in [1.29, 1.82) is 0 Å². The van der Waals surface area contributed by atoms with Gasteiger partial charge in [-0.25, -0.2) is 0 Å². The van der Waals surface area contributed by atoms with Gasteiger partial charge in [-0.15, -0.1) is 22.0 Å². The number of amides is 1. The van der Waals surface area contributed by atoms with E-state index in [-0.39, 0.29) is 17.8 Å². The number of H-pyrrole nitrogens is 1. The van der Waals surface area contributed by atoms with Crippen LogP contribution < -0.4 is 5.32 Å². The Balaban J connectivity index is 2.13. The van der Waals surface area contributed by atoms with Gasteiger partial charge in [0.25, 0.3) is 11.6 Å². The molecule has 1 aromatic heterocycles. The smallest absolute Gasteiger partial charge is 0.283 e. The van der Waals surface area contributed by atoms with Crippen LogP contribution in [0.2, 0.25) is 0 Å². The molecule has 0 bridgehead atoms. The maximum Gasteiger partial charge on any atom is 0.283 e. The Morgan fingerprint density at radius 1 is 1.55 bits per heavy atom. The fraction of sp³-hybridized carbons (Fsp3) is 0.200. The van der Waals surface area contributed by atoms with Gasteiger partial charge in [-0.05, 0) is 18.4 Å². The van der Waals surface area contributed by atoms with E-state index in [2.05, 4.69) is 25.9 Å². The standard InChI is InChI=1S/C10H10N6O3S/c1-20-8-3-2-6(4-7(8)16(18)19)10(17)11-5-9-12-14-15-13-9/h2-4H,5H2,1H3,(H,11,17)(H,12,13,14,15). The van der Waals surface area contributed by atoms with Gasteiger partial charge in [-0.3, -0.25) is 14.9 Å². The van der Waals surface area contributed by atoms with Crippen LogP contribution in [-0.2, 0) is 6.54 Å². The molecule has 2 rings (SSSR count). The van der Waals surface area contributed by atoms with E-state index in [0.717, 1.165) is 0 Å². The van der Waals surface area contributed by atoms with Crippen LogP contribution in [0.3, 0.4) is 0 Å². The van der Waals surface area contributed by atoms with E-state index < -0.39 is 10.8 Å². The molecular weight excluding hydrogens is 284 g/mol. The summed E-state index contributed by atoms with van der Waals surface area (Å²) in [5, 5.41) is 26.5. The van der Waals surface area contributed by atoms with Crippen LogP contribution in [0.15, 0.2) is 23.1 Å². The van der Waals surface area contributed by atoms with Gasteiger partial charge >= 0.3 is 0 Å². The first-order valence-corrected chi connectivity index (χ1v) is 6.67. The first-order chi connectivity index (χ1) is 9.61. The van der Waals surface area contributed by atoms with E-state index >= 15 is 0 Å². The molecule has 0 saturated carbocycles. The lowest BCUT2D eigenvalue weighted by Crippen LogP contribution is -2.23. The minimum atomic E-state index is -0.512. The summed E-state index contributed by atoms with van der Waals surface area (Å²) in [6.45, 7) is 0.0907. The molecule has 0 unspecified atom stereocenters. The number of aromatic nitrogens is 4. The van der Waals surface area contributed by atoms with Crippen LogP contribution in [0.5, 0.6) is 0 Å². The zero-order valence-corrected chi connectivity index (χ0v) is 11.2. The lowest BCUT2D eigenvalue weighted by atomic mass is 10.2. The first-order valence-electron chi connectivity index (χ1n) is 5.44. The highest BCUT2D eigenvalue weighted by atomic mass is 32.2. The number of nitrogens with zero attached hydrogens (tertiary/aromatic N) is 4. The third-order valence-electron chi connectivity index (χ3n) is 2.43. The summed E-state index contributed by atoms with van der Waals surface area (Å²) in [6, 6.07) is 4.33. The Morgan fingerprint density at radius 2 is 2.35 bits per heavy atom. The Labute approximate surface area is 117 Å². The third kappa shape index (κ3) is 3.09. The van der Waals surface area contributed by atoms with Crippen LogP contribution in [0.4, 0.5) is 5.69 Å². The second-order valence-electron chi connectivity index (χ2n) is 3.65. The predicted octanol–water partition coefficient (Wildman–Crippen LogP) is 0.760. The van der Waals surface area contributed by atoms with E-state index in [4.69, 9.17) is 0 Å². The first kappa shape index (κ1) is 13.9. The van der Waals surface area contributed by atoms with Crippen molar-refractivity contribution >= 4 is 23.4 Å². The molecule has 9 nitrogen and oxygen atoms in total. The molecule has 0 saturated heterocycles. The molecule has 0 spiro atoms. The van der Waals surface area contributed by atoms with Crippen molar-refractivity contribution in [3.05, 3.63) is 39.7 Å². The van der Waals surface area contributed by atoms with Crippen LogP contribution in [0, 0.1) is 10.1 Å². The quantitative estimate of drug-likeness (QED) is 0.473. The van der Waals surface area contributed by atoms with Crippen molar-refractivity contribution in [2.75, 3.05) is 6.26 Å². The number of thioether (sulfide) groups is 1. The maximum absolute atomic E-state index is 11.9. The summed E-state index contributed by atoms with van der Waals surface area (Å²) in [5.74, 6) is -0.112. The summed E-state index contributed by atoms with van der Waals surface area (Å²) in [4.78, 5) is 22.8. The fourth-order valence-corrected chi connectivity index (χ4v) is 2.04. The molecule has 1 heterocycles. The summed E-state index contributed by atoms with van der Waals surface area (Å²) >= 11 is 1.25. The van der Waals surface area contributed by atoms with Gasteiger partial charge in [-0.1, -0.05) is 5.21 Å². The summed E-state index contributed by atoms with van der Waals surface area (Å²) in [5.41, 5.74) is 0.114. The molecular formula is C10H10N6O3S. The molecule has 1 amide bonds. The van der Waals surface area contributed by atoms with Crippen molar-refractivity contribution in [3.8, 4) is 0 Å². The predicted molar refractivity (Wildman–Crippen MR) is 70.2 cm³/mol. The number of carbonyl (C=O) groups is 1. The number of benzene rings is 1. The number of rotatable bonds is 5. The minimum absolute atomic E-state index is 0.0907. The summed E-state index contributed by atoms with van der Waals surface area (Å²) in [6.07, 6.45) is 1.73. The molecule has 1 aromatic carbocycles. The van der Waals surface area contributed by atoms with E-state index in [1.165, 1.54) is 23.9 Å². The highest BCUT2D eigenvalue weighted by molar-refractivity contribution is 7.98. The van der Waals surface area contributed by atoms with Crippen molar-refractivity contribution in [2.24, 2.45) is 0 Å². The number of carbonyl (C=O) groups excluding carboxylic acids is 1. The van der Waals surface area contributed by atoms with Crippen LogP contribution in [0.25, 0.3) is 0 Å². The van der Waals surface area contributed by atoms with Gasteiger partial charge in [0, 0.05) is 11.6 Å². The minimum Gasteiger partial charge on any atom is -0.345 e. The highest BCUT2D eigenvalue weighted by Crippen LogP contribution is 2.28. The SMILES string of the molecule is CSc1ccc(C(=O)NCc2nn[nH]n2)cc1[N+](=O)[O-]. The summed E-state index contributed by atoms with van der Waals surface area (Å²) < 4.78 is 0. The molecule has 10 heteroatoms. The number of aromatic amines is 1. The van der Waals surface area contributed by atoms with Gasteiger partial charge in [0.2, 0.25) is 0 Å². The second kappa shape index (κ2) is 6.10. The van der Waals surface area contributed by atoms with E-state index in [1.807, 2.05) is 0 Å². The van der Waals surface area contributed by atoms with Gasteiger partial charge in [0.05, 0.1) is 16.4 Å². The van der Waals surface area contributed by atoms with Crippen molar-refractivity contribution in [3.63, 3.8) is 0 Å². The van der Waals surface area contributed by atoms with Gasteiger partial charge in [0.1, 0.15) is 0 Å². The molecule has 0 radical (unpaired) electrons. The van der Waals surface area contributed by atoms with Crippen LogP contribution in [0.1, 0.15) is 16.2 Å². The Bertz CT molecular complexity index is 630. The second-order valence-corrected chi connectivity index (χ2v) is 4.50. The number of nitrogens with one attached hydrogen (secondary N) is 2. The molecule has 104 valence electrons. The molecule has 0 aliphatic rings. The third-order valence-corrected chi connectivity index (χ3v) is 3.22. The Hall–Kier alpha value is -2.49. The van der Waals surface area contributed by atoms with Crippen LogP contribution >= 0.6 is 11.8 Å². The number of tetrazole rings is 1. The Morgan fingerprint density at radius 3 is 2.95 bits per heavy atom. The lowest BCUT2D eigenvalue weighted by Gasteiger charge is -2.04. The molecule has 0 aliphatic carbocycles. The Kier molecular flexibility index (Phi) is 4.25. The van der Waals surface area contributed by atoms with Gasteiger partial charge < -0.3 is 5.32 Å². The zero-order chi connectivity index (χ0) is 14.5. The van der Waals surface area contributed by atoms with E-state index in [9.17, 15) is 14.9 Å². The topological polar surface area (TPSA) is 127 Å². The van der Waals surface area contributed by atoms with Crippen molar-refractivity contribution in [1.82, 2.24) is 25.9 Å². The maximum atomic E-state index is 11.9. The zero-order valence-electron chi connectivity index (χ0n) is 10.4. The van der Waals surface area contributed by atoms with Crippen molar-refractivity contribution < 1.29 is 9.72 Å². The largest absolute Gasteiger partial charge is 0.345 e. The average molecular weight is 294 g/mol. The molecule has 0 aliphatic heterocycles. The highest BCUT2D eigenvalue weighted by Gasteiger charge is 2.17. The summed E-state index contributed by atoms with van der Waals surface area (Å²) in [7, 11) is 0. The molecule has 2 aromatic rings. The molecule has 2 N–H and O–H groups in total. The lowest BCUT2D eigenvalue weighted by molar-refractivity contribution is -0.387. The van der Waals surface area contributed by atoms with Gasteiger partial charge in [-0.2, -0.15) is 5.21 Å². The normalized spacial score (nSPS) is 10.2. The van der Waals surface area contributed by atoms with Crippen molar-refractivity contribution in [2.45, 2.75) is 11.4 Å². The molecule has 0 atom stereocenters. The molecule has 20 heavy (non-hydrogen) atoms.